The van der Waals surface area contributed by atoms with Crippen molar-refractivity contribution in [2.45, 2.75) is 86.1 Å². The first-order valence-corrected chi connectivity index (χ1v) is 11.2. The second kappa shape index (κ2) is 11.8. The molecule has 0 saturated heterocycles. The van der Waals surface area contributed by atoms with Crippen molar-refractivity contribution in [3.8, 4) is 0 Å². The molecule has 0 radical (unpaired) electrons. The van der Waals surface area contributed by atoms with Crippen molar-refractivity contribution >= 4 is 23.8 Å². The Kier molecular flexibility index (Phi) is 10.1. The highest BCUT2D eigenvalue weighted by Gasteiger charge is 2.42. The molecular formula is C25H38N2O6. The first kappa shape index (κ1) is 28.1. The second-order valence-electron chi connectivity index (χ2n) is 10.1. The number of ketones is 1. The Morgan fingerprint density at radius 2 is 1.48 bits per heavy atom. The molecule has 0 aliphatic carbocycles. The van der Waals surface area contributed by atoms with Gasteiger partial charge >= 0.3 is 12.1 Å². The van der Waals surface area contributed by atoms with E-state index in [-0.39, 0.29) is 12.5 Å². The molecule has 2 N–H and O–H groups in total. The fourth-order valence-electron chi connectivity index (χ4n) is 2.99. The molecule has 0 bridgehead atoms. The van der Waals surface area contributed by atoms with E-state index in [1.807, 2.05) is 44.2 Å². The van der Waals surface area contributed by atoms with Crippen LogP contribution >= 0.6 is 0 Å². The van der Waals surface area contributed by atoms with Crippen molar-refractivity contribution in [3.63, 3.8) is 0 Å². The van der Waals surface area contributed by atoms with Crippen LogP contribution in [0.5, 0.6) is 0 Å². The molecule has 0 aliphatic rings. The molecule has 2 atom stereocenters. The van der Waals surface area contributed by atoms with Crippen molar-refractivity contribution in [3.05, 3.63) is 35.9 Å². The van der Waals surface area contributed by atoms with Crippen LogP contribution in [0, 0.1) is 11.3 Å². The minimum Gasteiger partial charge on any atom is -0.460 e. The summed E-state index contributed by atoms with van der Waals surface area (Å²) in [4.78, 5) is 50.7. The number of hydrogen-bond acceptors (Lipinski definition) is 6. The van der Waals surface area contributed by atoms with Crippen LogP contribution in [0.25, 0.3) is 0 Å². The number of carbonyl (C=O) groups excluding carboxylic acids is 4. The Balaban J connectivity index is 2.85. The summed E-state index contributed by atoms with van der Waals surface area (Å²) in [5, 5.41) is 5.14. The summed E-state index contributed by atoms with van der Waals surface area (Å²) in [6.45, 7) is 13.5. The van der Waals surface area contributed by atoms with Gasteiger partial charge in [0.25, 0.3) is 0 Å². The van der Waals surface area contributed by atoms with E-state index < -0.39 is 46.9 Å². The topological polar surface area (TPSA) is 111 Å². The van der Waals surface area contributed by atoms with Crippen LogP contribution in [0.4, 0.5) is 4.79 Å². The Hall–Kier alpha value is -2.90. The number of nitrogens with one attached hydrogen (secondary N) is 2. The van der Waals surface area contributed by atoms with Crippen molar-refractivity contribution in [2.75, 3.05) is 0 Å². The summed E-state index contributed by atoms with van der Waals surface area (Å²) in [6, 6.07) is 7.32. The lowest BCUT2D eigenvalue weighted by atomic mass is 9.81. The van der Waals surface area contributed by atoms with E-state index in [1.54, 1.807) is 20.8 Å². The van der Waals surface area contributed by atoms with Gasteiger partial charge in [-0.1, -0.05) is 44.2 Å². The molecule has 0 aliphatic heterocycles. The summed E-state index contributed by atoms with van der Waals surface area (Å²) in [6.07, 6.45) is -0.402. The predicted molar refractivity (Wildman–Crippen MR) is 125 cm³/mol. The van der Waals surface area contributed by atoms with Gasteiger partial charge in [0.15, 0.2) is 5.78 Å². The van der Waals surface area contributed by atoms with Gasteiger partial charge in [-0.25, -0.2) is 4.79 Å². The summed E-state index contributed by atoms with van der Waals surface area (Å²) < 4.78 is 10.5. The molecule has 0 aromatic heterocycles. The third-order valence-electron chi connectivity index (χ3n) is 4.81. The van der Waals surface area contributed by atoms with Crippen LogP contribution in [-0.4, -0.2) is 41.4 Å². The molecular weight excluding hydrogens is 424 g/mol. The van der Waals surface area contributed by atoms with Gasteiger partial charge in [-0.15, -0.1) is 0 Å². The number of carbonyl (C=O) groups is 4. The van der Waals surface area contributed by atoms with Gasteiger partial charge in [-0.05, 0) is 59.4 Å². The highest BCUT2D eigenvalue weighted by molar-refractivity contribution is 6.06. The molecule has 0 unspecified atom stereocenters. The minimum atomic E-state index is -1.47. The third kappa shape index (κ3) is 9.63. The average Bonchev–Trinajstić information content (AvgIpc) is 2.69. The second-order valence-corrected chi connectivity index (χ2v) is 10.1. The highest BCUT2D eigenvalue weighted by Crippen LogP contribution is 2.24. The van der Waals surface area contributed by atoms with E-state index in [0.29, 0.717) is 6.42 Å². The quantitative estimate of drug-likeness (QED) is 0.404. The Bertz CT molecular complexity index is 827. The Morgan fingerprint density at radius 3 is 2.00 bits per heavy atom. The Labute approximate surface area is 196 Å². The van der Waals surface area contributed by atoms with Gasteiger partial charge in [0.1, 0.15) is 23.7 Å². The van der Waals surface area contributed by atoms with Crippen LogP contribution in [0.1, 0.15) is 67.4 Å². The largest absolute Gasteiger partial charge is 0.460 e. The van der Waals surface area contributed by atoms with Crippen LogP contribution in [0.3, 0.4) is 0 Å². The van der Waals surface area contributed by atoms with Gasteiger partial charge in [0.2, 0.25) is 5.91 Å². The van der Waals surface area contributed by atoms with Gasteiger partial charge < -0.3 is 20.1 Å². The van der Waals surface area contributed by atoms with Crippen molar-refractivity contribution in [1.29, 1.82) is 0 Å². The molecule has 0 fully saturated rings. The molecule has 0 saturated carbocycles. The van der Waals surface area contributed by atoms with Gasteiger partial charge in [-0.2, -0.15) is 0 Å². The average molecular weight is 463 g/mol. The maximum atomic E-state index is 13.3. The fourth-order valence-corrected chi connectivity index (χ4v) is 2.99. The lowest BCUT2D eigenvalue weighted by molar-refractivity contribution is -0.160. The normalized spacial score (nSPS) is 13.6. The van der Waals surface area contributed by atoms with Crippen LogP contribution in [0.15, 0.2) is 30.3 Å². The van der Waals surface area contributed by atoms with E-state index in [0.717, 1.165) is 5.56 Å². The molecule has 0 spiro atoms. The maximum Gasteiger partial charge on any atom is 0.408 e. The van der Waals surface area contributed by atoms with Crippen LogP contribution in [-0.2, 0) is 30.5 Å². The summed E-state index contributed by atoms with van der Waals surface area (Å²) >= 11 is 0. The highest BCUT2D eigenvalue weighted by atomic mass is 16.6. The molecule has 184 valence electrons. The van der Waals surface area contributed by atoms with Crippen molar-refractivity contribution in [1.82, 2.24) is 10.6 Å². The molecule has 2 amide bonds. The van der Waals surface area contributed by atoms with Crippen molar-refractivity contribution < 1.29 is 28.7 Å². The van der Waals surface area contributed by atoms with E-state index in [9.17, 15) is 19.2 Å². The Morgan fingerprint density at radius 1 is 0.909 bits per heavy atom. The molecule has 1 aromatic carbocycles. The first-order valence-electron chi connectivity index (χ1n) is 11.2. The SMILES string of the molecule is CC(C)C[C@H](NC(=O)[C@H](C)NC(=O)OC(C)(C)C)C(=O)C(C)(C)C(=O)OCc1ccccc1. The summed E-state index contributed by atoms with van der Waals surface area (Å²) in [7, 11) is 0. The number of amides is 2. The molecule has 1 aromatic rings. The number of rotatable bonds is 10. The van der Waals surface area contributed by atoms with Crippen molar-refractivity contribution in [2.24, 2.45) is 11.3 Å². The lowest BCUT2D eigenvalue weighted by Crippen LogP contribution is -2.54. The molecule has 33 heavy (non-hydrogen) atoms. The zero-order chi connectivity index (χ0) is 25.4. The van der Waals surface area contributed by atoms with E-state index in [1.165, 1.54) is 20.8 Å². The molecule has 0 heterocycles. The first-order chi connectivity index (χ1) is 15.1. The number of hydrogen-bond donors (Lipinski definition) is 2. The van der Waals surface area contributed by atoms with Gasteiger partial charge in [0, 0.05) is 0 Å². The minimum absolute atomic E-state index is 0.0500. The molecule has 1 rings (SSSR count). The van der Waals surface area contributed by atoms with E-state index in [4.69, 9.17) is 9.47 Å². The standard InChI is InChI=1S/C25H38N2O6/c1-16(2)14-19(27-21(29)17(3)26-23(31)33-24(4,5)6)20(28)25(7,8)22(30)32-15-18-12-10-9-11-13-18/h9-13,16-17,19H,14-15H2,1-8H3,(H,26,31)(H,27,29)/t17-,19-/m0/s1. The molecule has 8 nitrogen and oxygen atoms in total. The predicted octanol–water partition coefficient (Wildman–Crippen LogP) is 3.77. The van der Waals surface area contributed by atoms with Gasteiger partial charge in [0.05, 0.1) is 6.04 Å². The maximum absolute atomic E-state index is 13.3. The number of alkyl carbamates (subject to hydrolysis) is 1. The number of esters is 1. The van der Waals surface area contributed by atoms with Crippen LogP contribution in [0.2, 0.25) is 0 Å². The number of benzene rings is 1. The zero-order valence-electron chi connectivity index (χ0n) is 21.0. The lowest BCUT2D eigenvalue weighted by Gasteiger charge is -2.29. The number of Topliss-reactive ketones (excluding diaryl/α,β-unsaturated/α-hetero) is 1. The smallest absolute Gasteiger partial charge is 0.408 e. The third-order valence-corrected chi connectivity index (χ3v) is 4.81. The summed E-state index contributed by atoms with van der Waals surface area (Å²) in [5.74, 6) is -1.59. The zero-order valence-corrected chi connectivity index (χ0v) is 21.0. The monoisotopic (exact) mass is 462 g/mol. The van der Waals surface area contributed by atoms with Gasteiger partial charge in [-0.3, -0.25) is 14.4 Å². The summed E-state index contributed by atoms with van der Waals surface area (Å²) in [5.41, 5.74) is -1.37. The molecule has 8 heteroatoms. The number of ether oxygens (including phenoxy) is 2. The van der Waals surface area contributed by atoms with E-state index >= 15 is 0 Å². The van der Waals surface area contributed by atoms with E-state index in [2.05, 4.69) is 10.6 Å². The fraction of sp³-hybridized carbons (Fsp3) is 0.600. The van der Waals surface area contributed by atoms with Crippen LogP contribution < -0.4 is 10.6 Å².